The topological polar surface area (TPSA) is 61.4 Å². The molecule has 0 saturated heterocycles. The van der Waals surface area contributed by atoms with Crippen LogP contribution in [0, 0.1) is 0 Å². The standard InChI is InChI=1S/C17H26N2O2/c1-13(2)19-15-7-5-6-14(10-15)12-18-16(20)11-17(21)8-3-4-9-17/h5-7,10,13,19,21H,3-4,8-9,11-12H2,1-2H3,(H,18,20). The number of nitrogens with one attached hydrogen (secondary N) is 2. The molecule has 1 aliphatic rings. The number of amides is 1. The Morgan fingerprint density at radius 2 is 2.05 bits per heavy atom. The molecule has 0 aliphatic heterocycles. The van der Waals surface area contributed by atoms with Crippen molar-refractivity contribution in [3.63, 3.8) is 0 Å². The maximum Gasteiger partial charge on any atom is 0.223 e. The number of hydrogen-bond donors (Lipinski definition) is 3. The molecule has 4 heteroatoms. The summed E-state index contributed by atoms with van der Waals surface area (Å²) in [5, 5.41) is 16.5. The molecule has 0 atom stereocenters. The maximum absolute atomic E-state index is 12.0. The van der Waals surface area contributed by atoms with Crippen LogP contribution in [-0.4, -0.2) is 22.7 Å². The number of carbonyl (C=O) groups is 1. The summed E-state index contributed by atoms with van der Waals surface area (Å²) in [6, 6.07) is 8.43. The van der Waals surface area contributed by atoms with Gasteiger partial charge in [0.25, 0.3) is 0 Å². The van der Waals surface area contributed by atoms with Crippen molar-refractivity contribution in [1.82, 2.24) is 5.32 Å². The van der Waals surface area contributed by atoms with E-state index in [1.807, 2.05) is 24.3 Å². The molecule has 1 aliphatic carbocycles. The molecule has 2 rings (SSSR count). The minimum atomic E-state index is -0.773. The monoisotopic (exact) mass is 290 g/mol. The molecule has 1 aromatic rings. The Morgan fingerprint density at radius 3 is 2.71 bits per heavy atom. The minimum absolute atomic E-state index is 0.0679. The van der Waals surface area contributed by atoms with Crippen LogP contribution in [0.15, 0.2) is 24.3 Å². The molecule has 0 radical (unpaired) electrons. The summed E-state index contributed by atoms with van der Waals surface area (Å²) in [6.45, 7) is 4.69. The molecule has 1 fully saturated rings. The van der Waals surface area contributed by atoms with Gasteiger partial charge in [-0.2, -0.15) is 0 Å². The lowest BCUT2D eigenvalue weighted by atomic mass is 9.97. The molecule has 3 N–H and O–H groups in total. The SMILES string of the molecule is CC(C)Nc1cccc(CNC(=O)CC2(O)CCCC2)c1. The van der Waals surface area contributed by atoms with Gasteiger partial charge in [-0.3, -0.25) is 4.79 Å². The number of anilines is 1. The molecule has 116 valence electrons. The first-order chi connectivity index (χ1) is 9.97. The normalized spacial score (nSPS) is 17.0. The lowest BCUT2D eigenvalue weighted by Gasteiger charge is -2.21. The fraction of sp³-hybridized carbons (Fsp3) is 0.588. The van der Waals surface area contributed by atoms with Crippen molar-refractivity contribution in [3.8, 4) is 0 Å². The van der Waals surface area contributed by atoms with Gasteiger partial charge in [-0.05, 0) is 44.4 Å². The number of hydrogen-bond acceptors (Lipinski definition) is 3. The summed E-state index contributed by atoms with van der Waals surface area (Å²) >= 11 is 0. The largest absolute Gasteiger partial charge is 0.389 e. The van der Waals surface area contributed by atoms with Gasteiger partial charge >= 0.3 is 0 Å². The molecular weight excluding hydrogens is 264 g/mol. The quantitative estimate of drug-likeness (QED) is 0.755. The zero-order chi connectivity index (χ0) is 15.3. The Hall–Kier alpha value is -1.55. The van der Waals surface area contributed by atoms with E-state index in [0.717, 1.165) is 36.9 Å². The van der Waals surface area contributed by atoms with E-state index in [1.165, 1.54) is 0 Å². The first kappa shape index (κ1) is 15.8. The van der Waals surface area contributed by atoms with Crippen LogP contribution in [0.4, 0.5) is 5.69 Å². The van der Waals surface area contributed by atoms with Crippen molar-refractivity contribution < 1.29 is 9.90 Å². The second-order valence-electron chi connectivity index (χ2n) is 6.38. The van der Waals surface area contributed by atoms with Gasteiger partial charge in [-0.25, -0.2) is 0 Å². The van der Waals surface area contributed by atoms with Crippen LogP contribution in [0.2, 0.25) is 0 Å². The first-order valence-corrected chi connectivity index (χ1v) is 7.81. The van der Waals surface area contributed by atoms with Crippen LogP contribution < -0.4 is 10.6 Å². The minimum Gasteiger partial charge on any atom is -0.389 e. The van der Waals surface area contributed by atoms with E-state index in [0.29, 0.717) is 12.6 Å². The number of rotatable bonds is 6. The molecule has 1 aromatic carbocycles. The highest BCUT2D eigenvalue weighted by Gasteiger charge is 2.33. The van der Waals surface area contributed by atoms with Gasteiger partial charge < -0.3 is 15.7 Å². The maximum atomic E-state index is 12.0. The summed E-state index contributed by atoms with van der Waals surface area (Å²) in [6.07, 6.45) is 3.75. The van der Waals surface area contributed by atoms with E-state index < -0.39 is 5.60 Å². The van der Waals surface area contributed by atoms with Gasteiger partial charge in [0.1, 0.15) is 0 Å². The molecule has 0 unspecified atom stereocenters. The van der Waals surface area contributed by atoms with Crippen LogP contribution in [-0.2, 0) is 11.3 Å². The van der Waals surface area contributed by atoms with Crippen LogP contribution in [0.25, 0.3) is 0 Å². The molecular formula is C17H26N2O2. The highest BCUT2D eigenvalue weighted by atomic mass is 16.3. The Balaban J connectivity index is 1.83. The second kappa shape index (κ2) is 6.94. The predicted octanol–water partition coefficient (Wildman–Crippen LogP) is 2.82. The van der Waals surface area contributed by atoms with E-state index in [-0.39, 0.29) is 12.3 Å². The number of aliphatic hydroxyl groups is 1. The molecule has 0 aromatic heterocycles. The highest BCUT2D eigenvalue weighted by molar-refractivity contribution is 5.77. The fourth-order valence-corrected chi connectivity index (χ4v) is 2.88. The molecule has 0 heterocycles. The average molecular weight is 290 g/mol. The van der Waals surface area contributed by atoms with Gasteiger partial charge in [0.05, 0.1) is 12.0 Å². The summed E-state index contributed by atoms with van der Waals surface area (Å²) in [5.41, 5.74) is 1.35. The Bertz CT molecular complexity index is 479. The third-order valence-corrected chi connectivity index (χ3v) is 3.90. The van der Waals surface area contributed by atoms with Crippen molar-refractivity contribution in [3.05, 3.63) is 29.8 Å². The summed E-state index contributed by atoms with van der Waals surface area (Å²) in [4.78, 5) is 12.0. The van der Waals surface area contributed by atoms with E-state index in [4.69, 9.17) is 0 Å². The molecule has 1 amide bonds. The lowest BCUT2D eigenvalue weighted by molar-refractivity contribution is -0.126. The van der Waals surface area contributed by atoms with Gasteiger partial charge in [-0.15, -0.1) is 0 Å². The van der Waals surface area contributed by atoms with Gasteiger partial charge in [-0.1, -0.05) is 25.0 Å². The van der Waals surface area contributed by atoms with E-state index >= 15 is 0 Å². The van der Waals surface area contributed by atoms with E-state index in [2.05, 4.69) is 24.5 Å². The van der Waals surface area contributed by atoms with Crippen molar-refractivity contribution in [2.45, 2.75) is 64.1 Å². The van der Waals surface area contributed by atoms with Crippen LogP contribution in [0.1, 0.15) is 51.5 Å². The molecule has 0 bridgehead atoms. The van der Waals surface area contributed by atoms with E-state index in [9.17, 15) is 9.90 Å². The summed E-state index contributed by atoms with van der Waals surface area (Å²) in [7, 11) is 0. The highest BCUT2D eigenvalue weighted by Crippen LogP contribution is 2.32. The van der Waals surface area contributed by atoms with Gasteiger partial charge in [0.15, 0.2) is 0 Å². The van der Waals surface area contributed by atoms with Crippen LogP contribution in [0.3, 0.4) is 0 Å². The van der Waals surface area contributed by atoms with Crippen LogP contribution >= 0.6 is 0 Å². The first-order valence-electron chi connectivity index (χ1n) is 7.81. The van der Waals surface area contributed by atoms with Crippen molar-refractivity contribution in [2.24, 2.45) is 0 Å². The molecule has 1 saturated carbocycles. The Labute approximate surface area is 126 Å². The third-order valence-electron chi connectivity index (χ3n) is 3.90. The predicted molar refractivity (Wildman–Crippen MR) is 85.1 cm³/mol. The fourth-order valence-electron chi connectivity index (χ4n) is 2.88. The summed E-state index contributed by atoms with van der Waals surface area (Å²) < 4.78 is 0. The molecule has 21 heavy (non-hydrogen) atoms. The Morgan fingerprint density at radius 1 is 1.33 bits per heavy atom. The summed E-state index contributed by atoms with van der Waals surface area (Å²) in [5.74, 6) is -0.0679. The smallest absolute Gasteiger partial charge is 0.223 e. The average Bonchev–Trinajstić information content (AvgIpc) is 2.82. The van der Waals surface area contributed by atoms with Crippen molar-refractivity contribution >= 4 is 11.6 Å². The van der Waals surface area contributed by atoms with Crippen molar-refractivity contribution in [1.29, 1.82) is 0 Å². The molecule has 4 nitrogen and oxygen atoms in total. The number of benzene rings is 1. The second-order valence-corrected chi connectivity index (χ2v) is 6.38. The lowest BCUT2D eigenvalue weighted by Crippen LogP contribution is -2.34. The van der Waals surface area contributed by atoms with E-state index in [1.54, 1.807) is 0 Å². The van der Waals surface area contributed by atoms with Gasteiger partial charge in [0.2, 0.25) is 5.91 Å². The van der Waals surface area contributed by atoms with Crippen molar-refractivity contribution in [2.75, 3.05) is 5.32 Å². The zero-order valence-corrected chi connectivity index (χ0v) is 13.0. The molecule has 0 spiro atoms. The number of carbonyl (C=O) groups excluding carboxylic acids is 1. The Kier molecular flexibility index (Phi) is 5.23. The van der Waals surface area contributed by atoms with Crippen LogP contribution in [0.5, 0.6) is 0 Å². The third kappa shape index (κ3) is 5.05. The van der Waals surface area contributed by atoms with Gasteiger partial charge in [0, 0.05) is 18.3 Å². The zero-order valence-electron chi connectivity index (χ0n) is 13.0.